The van der Waals surface area contributed by atoms with Crippen LogP contribution in [0.5, 0.6) is 5.75 Å². The number of aromatic nitrogens is 1. The highest BCUT2D eigenvalue weighted by Crippen LogP contribution is 2.20. The number of hydrogen-bond donors (Lipinski definition) is 1. The molecular formula is C18H17N3O4. The summed E-state index contributed by atoms with van der Waals surface area (Å²) < 4.78 is 9.98. The van der Waals surface area contributed by atoms with Crippen LogP contribution in [0.1, 0.15) is 16.7 Å². The molecule has 0 saturated carbocycles. The van der Waals surface area contributed by atoms with Gasteiger partial charge in [-0.2, -0.15) is 5.26 Å². The Balaban J connectivity index is 1.97. The molecule has 0 bridgehead atoms. The first-order valence-corrected chi connectivity index (χ1v) is 7.47. The minimum Gasteiger partial charge on any atom is -0.482 e. The van der Waals surface area contributed by atoms with Crippen molar-refractivity contribution in [1.29, 1.82) is 5.26 Å². The van der Waals surface area contributed by atoms with Crippen LogP contribution in [0.15, 0.2) is 36.5 Å². The van der Waals surface area contributed by atoms with Crippen LogP contribution in [0.4, 0.5) is 5.82 Å². The number of nitrogens with one attached hydrogen (secondary N) is 1. The second-order valence-electron chi connectivity index (χ2n) is 5.25. The standard InChI is InChI=1S/C18H17N3O4/c1-12-3-6-16(20-10-12)21-17(22)11-25-15-5-4-13(7-14(15)9-19)8-18(23)24-2/h3-7,10H,8,11H2,1-2H3,(H,20,21,22). The maximum atomic E-state index is 11.9. The summed E-state index contributed by atoms with van der Waals surface area (Å²) in [6.45, 7) is 1.63. The third-order valence-corrected chi connectivity index (χ3v) is 3.28. The molecule has 0 radical (unpaired) electrons. The normalized spacial score (nSPS) is 9.80. The Kier molecular flexibility index (Phi) is 6.07. The van der Waals surface area contributed by atoms with Gasteiger partial charge in [-0.3, -0.25) is 9.59 Å². The van der Waals surface area contributed by atoms with E-state index in [1.165, 1.54) is 13.2 Å². The van der Waals surface area contributed by atoms with E-state index in [1.54, 1.807) is 24.4 Å². The van der Waals surface area contributed by atoms with Gasteiger partial charge in [-0.25, -0.2) is 4.98 Å². The number of ether oxygens (including phenoxy) is 2. The highest BCUT2D eigenvalue weighted by molar-refractivity contribution is 5.91. The Morgan fingerprint density at radius 2 is 2.08 bits per heavy atom. The first kappa shape index (κ1) is 17.9. The van der Waals surface area contributed by atoms with Crippen molar-refractivity contribution in [2.45, 2.75) is 13.3 Å². The van der Waals surface area contributed by atoms with Crippen LogP contribution in [0.25, 0.3) is 0 Å². The number of hydrogen-bond acceptors (Lipinski definition) is 6. The number of carbonyl (C=O) groups excluding carboxylic acids is 2. The van der Waals surface area contributed by atoms with E-state index < -0.39 is 5.97 Å². The maximum Gasteiger partial charge on any atom is 0.309 e. The fourth-order valence-corrected chi connectivity index (χ4v) is 2.00. The molecule has 1 aromatic heterocycles. The van der Waals surface area contributed by atoms with Crippen molar-refractivity contribution in [3.05, 3.63) is 53.2 Å². The number of anilines is 1. The van der Waals surface area contributed by atoms with Crippen LogP contribution in [0.3, 0.4) is 0 Å². The van der Waals surface area contributed by atoms with E-state index in [2.05, 4.69) is 15.0 Å². The van der Waals surface area contributed by atoms with E-state index >= 15 is 0 Å². The Bertz CT molecular complexity index is 810. The highest BCUT2D eigenvalue weighted by atomic mass is 16.5. The molecule has 0 aliphatic rings. The van der Waals surface area contributed by atoms with Crippen molar-refractivity contribution in [3.8, 4) is 11.8 Å². The van der Waals surface area contributed by atoms with Crippen molar-refractivity contribution < 1.29 is 19.1 Å². The summed E-state index contributed by atoms with van der Waals surface area (Å²) in [5.41, 5.74) is 1.85. The van der Waals surface area contributed by atoms with Crippen LogP contribution >= 0.6 is 0 Å². The molecule has 0 aliphatic carbocycles. The maximum absolute atomic E-state index is 11.9. The van der Waals surface area contributed by atoms with Gasteiger partial charge < -0.3 is 14.8 Å². The second kappa shape index (κ2) is 8.45. The van der Waals surface area contributed by atoms with E-state index in [-0.39, 0.29) is 30.2 Å². The molecule has 7 heteroatoms. The summed E-state index contributed by atoms with van der Waals surface area (Å²) >= 11 is 0. The van der Waals surface area contributed by atoms with Gasteiger partial charge in [0.1, 0.15) is 17.6 Å². The molecule has 0 spiro atoms. The summed E-state index contributed by atoms with van der Waals surface area (Å²) in [7, 11) is 1.30. The number of nitriles is 1. The fourth-order valence-electron chi connectivity index (χ4n) is 2.00. The smallest absolute Gasteiger partial charge is 0.309 e. The van der Waals surface area contributed by atoms with Gasteiger partial charge in [0.2, 0.25) is 0 Å². The number of rotatable bonds is 6. The molecule has 7 nitrogen and oxygen atoms in total. The third kappa shape index (κ3) is 5.32. The summed E-state index contributed by atoms with van der Waals surface area (Å²) in [4.78, 5) is 27.3. The van der Waals surface area contributed by atoms with Crippen molar-refractivity contribution in [1.82, 2.24) is 4.98 Å². The predicted octanol–water partition coefficient (Wildman–Crippen LogP) is 1.99. The average molecular weight is 339 g/mol. The first-order chi connectivity index (χ1) is 12.0. The monoisotopic (exact) mass is 339 g/mol. The molecule has 2 rings (SSSR count). The van der Waals surface area contributed by atoms with Crippen molar-refractivity contribution >= 4 is 17.7 Å². The van der Waals surface area contributed by atoms with Crippen molar-refractivity contribution in [2.24, 2.45) is 0 Å². The zero-order valence-corrected chi connectivity index (χ0v) is 13.9. The van der Waals surface area contributed by atoms with Gasteiger partial charge in [0.25, 0.3) is 5.91 Å². The van der Waals surface area contributed by atoms with E-state index in [4.69, 9.17) is 4.74 Å². The molecule has 0 saturated heterocycles. The number of amides is 1. The first-order valence-electron chi connectivity index (χ1n) is 7.47. The van der Waals surface area contributed by atoms with Crippen LogP contribution < -0.4 is 10.1 Å². The van der Waals surface area contributed by atoms with Gasteiger partial charge in [0.15, 0.2) is 6.61 Å². The lowest BCUT2D eigenvalue weighted by Gasteiger charge is -2.09. The summed E-state index contributed by atoms with van der Waals surface area (Å²) in [5, 5.41) is 11.8. The van der Waals surface area contributed by atoms with E-state index in [9.17, 15) is 14.9 Å². The molecule has 2 aromatic rings. The fraction of sp³-hybridized carbons (Fsp3) is 0.222. The molecule has 1 amide bonds. The Morgan fingerprint density at radius 1 is 1.28 bits per heavy atom. The minimum absolute atomic E-state index is 0.0606. The summed E-state index contributed by atoms with van der Waals surface area (Å²) in [5.74, 6) is -0.0994. The molecule has 128 valence electrons. The van der Waals surface area contributed by atoms with E-state index in [0.717, 1.165) is 5.56 Å². The lowest BCUT2D eigenvalue weighted by Crippen LogP contribution is -2.21. The summed E-state index contributed by atoms with van der Waals surface area (Å²) in [6.07, 6.45) is 1.70. The molecule has 1 N–H and O–H groups in total. The van der Waals surface area contributed by atoms with E-state index in [0.29, 0.717) is 11.4 Å². The van der Waals surface area contributed by atoms with Crippen LogP contribution in [-0.4, -0.2) is 30.6 Å². The predicted molar refractivity (Wildman–Crippen MR) is 90.0 cm³/mol. The lowest BCUT2D eigenvalue weighted by atomic mass is 10.1. The quantitative estimate of drug-likeness (QED) is 0.808. The topological polar surface area (TPSA) is 101 Å². The van der Waals surface area contributed by atoms with Gasteiger partial charge in [-0.1, -0.05) is 12.1 Å². The number of aryl methyl sites for hydroxylation is 1. The van der Waals surface area contributed by atoms with Crippen molar-refractivity contribution in [3.63, 3.8) is 0 Å². The molecule has 0 fully saturated rings. The summed E-state index contributed by atoms with van der Waals surface area (Å²) in [6, 6.07) is 10.2. The third-order valence-electron chi connectivity index (χ3n) is 3.28. The number of methoxy groups -OCH3 is 1. The van der Waals surface area contributed by atoms with Crippen LogP contribution in [0, 0.1) is 18.3 Å². The molecule has 1 heterocycles. The van der Waals surface area contributed by atoms with Gasteiger partial charge in [-0.05, 0) is 36.2 Å². The van der Waals surface area contributed by atoms with Gasteiger partial charge >= 0.3 is 5.97 Å². The minimum atomic E-state index is -0.400. The zero-order valence-electron chi connectivity index (χ0n) is 13.9. The SMILES string of the molecule is COC(=O)Cc1ccc(OCC(=O)Nc2ccc(C)cn2)c(C#N)c1. The Labute approximate surface area is 145 Å². The van der Waals surface area contributed by atoms with Crippen LogP contribution in [0.2, 0.25) is 0 Å². The number of benzene rings is 1. The molecule has 1 aromatic carbocycles. The second-order valence-corrected chi connectivity index (χ2v) is 5.25. The number of esters is 1. The molecule has 0 atom stereocenters. The van der Waals surface area contributed by atoms with Gasteiger partial charge in [-0.15, -0.1) is 0 Å². The Hall–Kier alpha value is -3.40. The number of pyridine rings is 1. The average Bonchev–Trinajstić information content (AvgIpc) is 2.62. The van der Waals surface area contributed by atoms with Crippen LogP contribution in [-0.2, 0) is 20.7 Å². The molecule has 25 heavy (non-hydrogen) atoms. The number of nitrogens with zero attached hydrogens (tertiary/aromatic N) is 2. The Morgan fingerprint density at radius 3 is 2.72 bits per heavy atom. The van der Waals surface area contributed by atoms with Crippen molar-refractivity contribution in [2.75, 3.05) is 19.0 Å². The number of carbonyl (C=O) groups is 2. The molecular weight excluding hydrogens is 322 g/mol. The highest BCUT2D eigenvalue weighted by Gasteiger charge is 2.10. The van der Waals surface area contributed by atoms with Gasteiger partial charge in [0.05, 0.1) is 19.1 Å². The zero-order chi connectivity index (χ0) is 18.2. The van der Waals surface area contributed by atoms with E-state index in [1.807, 2.05) is 19.1 Å². The molecule has 0 unspecified atom stereocenters. The largest absolute Gasteiger partial charge is 0.482 e. The lowest BCUT2D eigenvalue weighted by molar-refractivity contribution is -0.139. The van der Waals surface area contributed by atoms with Gasteiger partial charge in [0, 0.05) is 6.20 Å². The molecule has 0 aliphatic heterocycles.